The van der Waals surface area contributed by atoms with Crippen LogP contribution < -0.4 is 5.32 Å². The lowest BCUT2D eigenvalue weighted by Crippen LogP contribution is -2.49. The number of aromatic nitrogens is 3. The van der Waals surface area contributed by atoms with Crippen LogP contribution in [0.3, 0.4) is 0 Å². The lowest BCUT2D eigenvalue weighted by molar-refractivity contribution is 0.0124. The van der Waals surface area contributed by atoms with Crippen LogP contribution in [0.1, 0.15) is 30.6 Å². The molecule has 2 aromatic rings. The van der Waals surface area contributed by atoms with Gasteiger partial charge in [-0.15, -0.1) is 0 Å². The van der Waals surface area contributed by atoms with Crippen molar-refractivity contribution < 1.29 is 9.53 Å². The number of ether oxygens (including phenoxy) is 1. The molecular formula is C17H25N5O2. The van der Waals surface area contributed by atoms with Crippen LogP contribution in [0.2, 0.25) is 0 Å². The Morgan fingerprint density at radius 1 is 1.29 bits per heavy atom. The third kappa shape index (κ3) is 4.10. The minimum absolute atomic E-state index is 0.0677. The SMILES string of the molecule is CC(C)C[C@H](CNC(=O)c1ccc2n[nH]nc2c1)N1CCOCC1. The average Bonchev–Trinajstić information content (AvgIpc) is 3.06. The number of nitrogens with zero attached hydrogens (tertiary/aromatic N) is 3. The lowest BCUT2D eigenvalue weighted by atomic mass is 10.0. The number of rotatable bonds is 6. The molecule has 0 aliphatic carbocycles. The molecule has 1 aromatic heterocycles. The van der Waals surface area contributed by atoms with Crippen molar-refractivity contribution in [2.24, 2.45) is 5.92 Å². The smallest absolute Gasteiger partial charge is 0.251 e. The number of benzene rings is 1. The van der Waals surface area contributed by atoms with Crippen LogP contribution in [-0.4, -0.2) is 65.1 Å². The summed E-state index contributed by atoms with van der Waals surface area (Å²) in [5, 5.41) is 13.7. The molecule has 0 unspecified atom stereocenters. The highest BCUT2D eigenvalue weighted by atomic mass is 16.5. The van der Waals surface area contributed by atoms with E-state index < -0.39 is 0 Å². The van der Waals surface area contributed by atoms with Gasteiger partial charge in [0.05, 0.1) is 13.2 Å². The second-order valence-electron chi connectivity index (χ2n) is 6.67. The Labute approximate surface area is 141 Å². The topological polar surface area (TPSA) is 83.1 Å². The van der Waals surface area contributed by atoms with Crippen molar-refractivity contribution in [1.82, 2.24) is 25.6 Å². The number of hydrogen-bond acceptors (Lipinski definition) is 5. The molecule has 1 atom stereocenters. The predicted octanol–water partition coefficient (Wildman–Crippen LogP) is 1.43. The fraction of sp³-hybridized carbons (Fsp3) is 0.588. The summed E-state index contributed by atoms with van der Waals surface area (Å²) in [7, 11) is 0. The highest BCUT2D eigenvalue weighted by Gasteiger charge is 2.22. The Bertz CT molecular complexity index is 678. The minimum Gasteiger partial charge on any atom is -0.379 e. The third-order valence-corrected chi connectivity index (χ3v) is 4.38. The highest BCUT2D eigenvalue weighted by molar-refractivity contribution is 5.97. The molecular weight excluding hydrogens is 306 g/mol. The van der Waals surface area contributed by atoms with Crippen molar-refractivity contribution >= 4 is 16.9 Å². The van der Waals surface area contributed by atoms with E-state index in [4.69, 9.17) is 4.74 Å². The van der Waals surface area contributed by atoms with Crippen molar-refractivity contribution in [3.8, 4) is 0 Å². The van der Waals surface area contributed by atoms with Crippen molar-refractivity contribution in [3.63, 3.8) is 0 Å². The molecule has 1 aliphatic rings. The zero-order chi connectivity index (χ0) is 16.9. The molecule has 0 spiro atoms. The van der Waals surface area contributed by atoms with Crippen molar-refractivity contribution in [3.05, 3.63) is 23.8 Å². The largest absolute Gasteiger partial charge is 0.379 e. The Morgan fingerprint density at radius 2 is 2.04 bits per heavy atom. The number of hydrogen-bond donors (Lipinski definition) is 2. The summed E-state index contributed by atoms with van der Waals surface area (Å²) in [6, 6.07) is 5.70. The molecule has 0 bridgehead atoms. The van der Waals surface area contributed by atoms with Crippen LogP contribution in [0.4, 0.5) is 0 Å². The van der Waals surface area contributed by atoms with Gasteiger partial charge in [0.1, 0.15) is 11.0 Å². The first-order valence-electron chi connectivity index (χ1n) is 8.54. The Hall–Kier alpha value is -1.99. The van der Waals surface area contributed by atoms with Gasteiger partial charge in [-0.25, -0.2) is 0 Å². The van der Waals surface area contributed by atoms with Gasteiger partial charge >= 0.3 is 0 Å². The number of H-pyrrole nitrogens is 1. The molecule has 0 saturated carbocycles. The van der Waals surface area contributed by atoms with Crippen molar-refractivity contribution in [2.75, 3.05) is 32.8 Å². The zero-order valence-electron chi connectivity index (χ0n) is 14.3. The number of carbonyl (C=O) groups excluding carboxylic acids is 1. The monoisotopic (exact) mass is 331 g/mol. The average molecular weight is 331 g/mol. The summed E-state index contributed by atoms with van der Waals surface area (Å²) in [4.78, 5) is 14.9. The fourth-order valence-corrected chi connectivity index (χ4v) is 3.14. The first-order chi connectivity index (χ1) is 11.6. The number of morpholine rings is 1. The van der Waals surface area contributed by atoms with Crippen LogP contribution in [0.15, 0.2) is 18.2 Å². The number of aromatic amines is 1. The number of amides is 1. The van der Waals surface area contributed by atoms with Crippen LogP contribution in [0, 0.1) is 5.92 Å². The van der Waals surface area contributed by atoms with E-state index in [1.807, 2.05) is 0 Å². The summed E-state index contributed by atoms with van der Waals surface area (Å²) in [5.74, 6) is 0.517. The van der Waals surface area contributed by atoms with E-state index >= 15 is 0 Å². The van der Waals surface area contributed by atoms with Gasteiger partial charge < -0.3 is 10.1 Å². The molecule has 3 rings (SSSR count). The molecule has 130 valence electrons. The maximum Gasteiger partial charge on any atom is 0.251 e. The molecule has 2 heterocycles. The molecule has 24 heavy (non-hydrogen) atoms. The Kier molecular flexibility index (Phi) is 5.42. The van der Waals surface area contributed by atoms with Gasteiger partial charge in [0.25, 0.3) is 5.91 Å². The van der Waals surface area contributed by atoms with E-state index in [9.17, 15) is 4.79 Å². The van der Waals surface area contributed by atoms with Gasteiger partial charge in [-0.05, 0) is 30.5 Å². The summed E-state index contributed by atoms with van der Waals surface area (Å²) < 4.78 is 5.44. The third-order valence-electron chi connectivity index (χ3n) is 4.38. The molecule has 7 nitrogen and oxygen atoms in total. The second-order valence-corrected chi connectivity index (χ2v) is 6.67. The molecule has 2 N–H and O–H groups in total. The van der Waals surface area contributed by atoms with Crippen LogP contribution in [0.25, 0.3) is 11.0 Å². The molecule has 1 fully saturated rings. The number of carbonyl (C=O) groups is 1. The van der Waals surface area contributed by atoms with Crippen LogP contribution in [0.5, 0.6) is 0 Å². The van der Waals surface area contributed by atoms with Crippen LogP contribution >= 0.6 is 0 Å². The van der Waals surface area contributed by atoms with Gasteiger partial charge in [0, 0.05) is 31.2 Å². The van der Waals surface area contributed by atoms with Crippen molar-refractivity contribution in [1.29, 1.82) is 0 Å². The van der Waals surface area contributed by atoms with Gasteiger partial charge in [0.15, 0.2) is 0 Å². The number of nitrogens with one attached hydrogen (secondary N) is 2. The first kappa shape index (κ1) is 16.9. The zero-order valence-corrected chi connectivity index (χ0v) is 14.3. The molecule has 1 aromatic carbocycles. The Balaban J connectivity index is 1.62. The number of fused-ring (bicyclic) bond motifs is 1. The van der Waals surface area contributed by atoms with E-state index in [-0.39, 0.29) is 5.91 Å². The maximum absolute atomic E-state index is 12.5. The summed E-state index contributed by atoms with van der Waals surface area (Å²) in [5.41, 5.74) is 2.08. The van der Waals surface area contributed by atoms with E-state index in [0.717, 1.165) is 38.2 Å². The summed E-state index contributed by atoms with van der Waals surface area (Å²) in [6.45, 7) is 8.47. The molecule has 0 radical (unpaired) electrons. The van der Waals surface area contributed by atoms with Gasteiger partial charge in [-0.2, -0.15) is 15.4 Å². The van der Waals surface area contributed by atoms with Gasteiger partial charge in [-0.1, -0.05) is 13.8 Å². The summed E-state index contributed by atoms with van der Waals surface area (Å²) in [6.07, 6.45) is 1.06. The van der Waals surface area contributed by atoms with E-state index in [0.29, 0.717) is 29.6 Å². The minimum atomic E-state index is -0.0677. The molecule has 1 saturated heterocycles. The first-order valence-corrected chi connectivity index (χ1v) is 8.54. The molecule has 7 heteroatoms. The van der Waals surface area contributed by atoms with Gasteiger partial charge in [0.2, 0.25) is 0 Å². The predicted molar refractivity (Wildman–Crippen MR) is 91.9 cm³/mol. The maximum atomic E-state index is 12.5. The standard InChI is InChI=1S/C17H25N5O2/c1-12(2)9-14(22-5-7-24-8-6-22)11-18-17(23)13-3-4-15-16(10-13)20-21-19-15/h3-4,10,12,14H,5-9,11H2,1-2H3,(H,18,23)(H,19,20,21)/t14-/m1/s1. The van der Waals surface area contributed by atoms with E-state index in [2.05, 4.69) is 39.5 Å². The normalized spacial score (nSPS) is 17.3. The molecule has 1 aliphatic heterocycles. The lowest BCUT2D eigenvalue weighted by Gasteiger charge is -2.35. The summed E-state index contributed by atoms with van der Waals surface area (Å²) >= 11 is 0. The van der Waals surface area contributed by atoms with E-state index in [1.165, 1.54) is 0 Å². The fourth-order valence-electron chi connectivity index (χ4n) is 3.14. The quantitative estimate of drug-likeness (QED) is 0.837. The second kappa shape index (κ2) is 7.72. The van der Waals surface area contributed by atoms with Crippen LogP contribution in [-0.2, 0) is 4.74 Å². The Morgan fingerprint density at radius 3 is 2.79 bits per heavy atom. The van der Waals surface area contributed by atoms with Crippen molar-refractivity contribution in [2.45, 2.75) is 26.3 Å². The highest BCUT2D eigenvalue weighted by Crippen LogP contribution is 2.14. The van der Waals surface area contributed by atoms with Gasteiger partial charge in [-0.3, -0.25) is 9.69 Å². The van der Waals surface area contributed by atoms with E-state index in [1.54, 1.807) is 18.2 Å². The molecule has 1 amide bonds.